The van der Waals surface area contributed by atoms with Gasteiger partial charge in [-0.15, -0.1) is 0 Å². The van der Waals surface area contributed by atoms with Crippen molar-refractivity contribution in [3.8, 4) is 0 Å². The quantitative estimate of drug-likeness (QED) is 0.243. The smallest absolute Gasteiger partial charge is 0.280 e. The summed E-state index contributed by atoms with van der Waals surface area (Å²) in [6.45, 7) is 4.77. The first kappa shape index (κ1) is 27.3. The van der Waals surface area contributed by atoms with Gasteiger partial charge in [-0.3, -0.25) is 15.0 Å². The van der Waals surface area contributed by atoms with Crippen LogP contribution in [0.4, 0.5) is 5.69 Å². The summed E-state index contributed by atoms with van der Waals surface area (Å²) in [4.78, 5) is 39.4. The van der Waals surface area contributed by atoms with Crippen LogP contribution in [0.1, 0.15) is 42.6 Å². The number of nitrogens with zero attached hydrogens (tertiary/aromatic N) is 4. The summed E-state index contributed by atoms with van der Waals surface area (Å²) < 4.78 is 1.44. The minimum absolute atomic E-state index is 0.116. The fourth-order valence-corrected chi connectivity index (χ4v) is 5.05. The van der Waals surface area contributed by atoms with Crippen LogP contribution in [0, 0.1) is 5.92 Å². The molecule has 0 radical (unpaired) electrons. The molecule has 204 valence electrons. The zero-order valence-corrected chi connectivity index (χ0v) is 23.2. The van der Waals surface area contributed by atoms with Crippen molar-refractivity contribution in [2.24, 2.45) is 11.7 Å². The predicted octanol–water partition coefficient (Wildman–Crippen LogP) is 5.66. The molecule has 5 rings (SSSR count). The number of fused-ring (bicyclic) bond motifs is 2. The number of anilines is 1. The van der Waals surface area contributed by atoms with Crippen molar-refractivity contribution < 1.29 is 4.79 Å². The summed E-state index contributed by atoms with van der Waals surface area (Å²) in [6.07, 6.45) is 0.568. The molecule has 1 atom stereocenters. The number of amides is 1. The van der Waals surface area contributed by atoms with E-state index in [-0.39, 0.29) is 17.4 Å². The Kier molecular flexibility index (Phi) is 8.09. The van der Waals surface area contributed by atoms with Crippen LogP contribution in [0.2, 0.25) is 5.02 Å². The summed E-state index contributed by atoms with van der Waals surface area (Å²) in [5.74, 6) is 0.0175. The molecule has 3 aromatic carbocycles. The lowest BCUT2D eigenvalue weighted by atomic mass is 9.99. The predicted molar refractivity (Wildman–Crippen MR) is 161 cm³/mol. The van der Waals surface area contributed by atoms with Crippen molar-refractivity contribution in [3.63, 3.8) is 0 Å². The van der Waals surface area contributed by atoms with Crippen molar-refractivity contribution in [3.05, 3.63) is 112 Å². The van der Waals surface area contributed by atoms with Crippen molar-refractivity contribution in [2.75, 3.05) is 18.5 Å². The number of benzene rings is 3. The molecule has 0 fully saturated rings. The number of carbonyl (C=O) groups excluding carboxylic acids is 1. The van der Waals surface area contributed by atoms with Crippen molar-refractivity contribution in [1.29, 1.82) is 0 Å². The fourth-order valence-electron chi connectivity index (χ4n) is 4.88. The van der Waals surface area contributed by atoms with Crippen molar-refractivity contribution >= 4 is 45.0 Å². The highest BCUT2D eigenvalue weighted by molar-refractivity contribution is 6.31. The van der Waals surface area contributed by atoms with Crippen LogP contribution in [-0.2, 0) is 0 Å². The molecule has 0 aliphatic heterocycles. The molecule has 0 spiro atoms. The summed E-state index contributed by atoms with van der Waals surface area (Å²) in [7, 11) is 0. The van der Waals surface area contributed by atoms with Crippen LogP contribution in [0.25, 0.3) is 21.8 Å². The molecule has 2 heterocycles. The second kappa shape index (κ2) is 11.9. The summed E-state index contributed by atoms with van der Waals surface area (Å²) in [5.41, 5.74) is 11.0. The van der Waals surface area contributed by atoms with Gasteiger partial charge in [-0.05, 0) is 61.3 Å². The maximum atomic E-state index is 14.2. The number of rotatable bonds is 9. The van der Waals surface area contributed by atoms with Crippen LogP contribution in [0.15, 0.2) is 89.7 Å². The molecular weight excluding hydrogens is 524 g/mol. The van der Waals surface area contributed by atoms with E-state index in [0.29, 0.717) is 52.6 Å². The van der Waals surface area contributed by atoms with Gasteiger partial charge < -0.3 is 10.6 Å². The topological polar surface area (TPSA) is 106 Å². The Balaban J connectivity index is 1.69. The maximum absolute atomic E-state index is 14.2. The average Bonchev–Trinajstić information content (AvgIpc) is 2.96. The Bertz CT molecular complexity index is 1720. The zero-order valence-electron chi connectivity index (χ0n) is 22.4. The maximum Gasteiger partial charge on any atom is 0.280 e. The highest BCUT2D eigenvalue weighted by atomic mass is 35.5. The molecule has 0 aliphatic carbocycles. The van der Waals surface area contributed by atoms with Crippen molar-refractivity contribution in [1.82, 2.24) is 19.5 Å². The molecule has 2 aromatic heterocycles. The molecule has 3 N–H and O–H groups in total. The zero-order chi connectivity index (χ0) is 28.2. The van der Waals surface area contributed by atoms with Gasteiger partial charge in [0.2, 0.25) is 0 Å². The fraction of sp³-hybridized carbons (Fsp3) is 0.226. The third-order valence-corrected chi connectivity index (χ3v) is 7.02. The van der Waals surface area contributed by atoms with Crippen LogP contribution in [-0.4, -0.2) is 38.5 Å². The van der Waals surface area contributed by atoms with E-state index in [2.05, 4.69) is 10.4 Å². The Labute approximate surface area is 237 Å². The highest BCUT2D eigenvalue weighted by Gasteiger charge is 2.33. The molecule has 1 unspecified atom stereocenters. The molecule has 8 nitrogen and oxygen atoms in total. The van der Waals surface area contributed by atoms with Crippen LogP contribution in [0.5, 0.6) is 0 Å². The third kappa shape index (κ3) is 5.54. The standard InChI is InChI=1S/C31H31ClN6O2/c1-20(2)28(37(18-8-17-33)31(40)26-16-13-21-9-6-7-12-25(21)34-26)29-35-27-19-22(32)14-15-24(27)30(39)38(29)36-23-10-4-3-5-11-23/h3-7,9-16,19-20,28,36H,8,17-18,33H2,1-2H3. The number of carbonyl (C=O) groups is 1. The summed E-state index contributed by atoms with van der Waals surface area (Å²) >= 11 is 6.29. The third-order valence-electron chi connectivity index (χ3n) is 6.79. The van der Waals surface area contributed by atoms with Gasteiger partial charge in [0.25, 0.3) is 11.5 Å². The second-order valence-electron chi connectivity index (χ2n) is 9.97. The van der Waals surface area contributed by atoms with Gasteiger partial charge in [-0.25, -0.2) is 14.6 Å². The van der Waals surface area contributed by atoms with E-state index in [1.165, 1.54) is 4.68 Å². The van der Waals surface area contributed by atoms with E-state index in [1.807, 2.05) is 74.5 Å². The number of hydrogen-bond donors (Lipinski definition) is 2. The first-order chi connectivity index (χ1) is 19.4. The van der Waals surface area contributed by atoms with Gasteiger partial charge in [-0.1, -0.05) is 67.9 Å². The van der Waals surface area contributed by atoms with E-state index >= 15 is 0 Å². The van der Waals surface area contributed by atoms with E-state index < -0.39 is 6.04 Å². The largest absolute Gasteiger partial charge is 0.330 e. The van der Waals surface area contributed by atoms with Crippen LogP contribution >= 0.6 is 11.6 Å². The number of aromatic nitrogens is 3. The molecule has 0 saturated heterocycles. The Morgan fingerprint density at radius 2 is 1.73 bits per heavy atom. The first-order valence-electron chi connectivity index (χ1n) is 13.3. The van der Waals surface area contributed by atoms with E-state index in [4.69, 9.17) is 22.3 Å². The van der Waals surface area contributed by atoms with Crippen molar-refractivity contribution in [2.45, 2.75) is 26.3 Å². The van der Waals surface area contributed by atoms with E-state index in [1.54, 1.807) is 29.2 Å². The minimum atomic E-state index is -0.584. The van der Waals surface area contributed by atoms with Gasteiger partial charge in [0, 0.05) is 17.0 Å². The number of hydrogen-bond acceptors (Lipinski definition) is 6. The number of halogens is 1. The summed E-state index contributed by atoms with van der Waals surface area (Å²) in [5, 5.41) is 1.83. The average molecular weight is 555 g/mol. The van der Waals surface area contributed by atoms with E-state index in [0.717, 1.165) is 10.9 Å². The molecule has 9 heteroatoms. The number of para-hydroxylation sites is 2. The molecule has 40 heavy (non-hydrogen) atoms. The normalized spacial score (nSPS) is 12.1. The van der Waals surface area contributed by atoms with Gasteiger partial charge >= 0.3 is 0 Å². The number of nitrogens with two attached hydrogens (primary N) is 1. The molecule has 5 aromatic rings. The highest BCUT2D eigenvalue weighted by Crippen LogP contribution is 2.30. The Morgan fingerprint density at radius 1 is 0.975 bits per heavy atom. The number of nitrogens with one attached hydrogen (secondary N) is 1. The van der Waals surface area contributed by atoms with Crippen LogP contribution < -0.4 is 16.7 Å². The molecule has 1 amide bonds. The Morgan fingerprint density at radius 3 is 2.48 bits per heavy atom. The second-order valence-corrected chi connectivity index (χ2v) is 10.4. The lowest BCUT2D eigenvalue weighted by molar-refractivity contribution is 0.0599. The molecular formula is C31H31ClN6O2. The minimum Gasteiger partial charge on any atom is -0.330 e. The molecule has 0 aliphatic rings. The van der Waals surface area contributed by atoms with Crippen LogP contribution in [0.3, 0.4) is 0 Å². The Hall–Kier alpha value is -4.27. The monoisotopic (exact) mass is 554 g/mol. The van der Waals surface area contributed by atoms with Gasteiger partial charge in [0.15, 0.2) is 5.82 Å². The van der Waals surface area contributed by atoms with Gasteiger partial charge in [0.1, 0.15) is 5.69 Å². The van der Waals surface area contributed by atoms with Gasteiger partial charge in [0.05, 0.1) is 28.1 Å². The lowest BCUT2D eigenvalue weighted by Gasteiger charge is -2.35. The first-order valence-corrected chi connectivity index (χ1v) is 13.7. The SMILES string of the molecule is CC(C)C(c1nc2cc(Cl)ccc2c(=O)n1Nc1ccccc1)N(CCCN)C(=O)c1ccc2ccccc2n1. The van der Waals surface area contributed by atoms with E-state index in [9.17, 15) is 9.59 Å². The van der Waals surface area contributed by atoms with Gasteiger partial charge in [-0.2, -0.15) is 0 Å². The lowest BCUT2D eigenvalue weighted by Crippen LogP contribution is -2.43. The summed E-state index contributed by atoms with van der Waals surface area (Å²) in [6, 6.07) is 25.1. The number of pyridine rings is 1. The molecule has 0 bridgehead atoms. The molecule has 0 saturated carbocycles.